The number of ether oxygens (including phenoxy) is 2. The number of para-hydroxylation sites is 1. The van der Waals surface area contributed by atoms with E-state index in [4.69, 9.17) is 19.6 Å². The Morgan fingerprint density at radius 3 is 2.72 bits per heavy atom. The molecule has 2 N–H and O–H groups in total. The molecule has 0 aliphatic heterocycles. The number of fused-ring (bicyclic) bond motifs is 1. The molecule has 0 fully saturated rings. The van der Waals surface area contributed by atoms with Gasteiger partial charge in [-0.05, 0) is 53.9 Å². The van der Waals surface area contributed by atoms with Crippen molar-refractivity contribution in [3.8, 4) is 16.9 Å². The highest BCUT2D eigenvalue weighted by atomic mass is 16.5. The maximum atomic E-state index is 11.9. The van der Waals surface area contributed by atoms with Gasteiger partial charge in [0.2, 0.25) is 0 Å². The molecule has 1 aromatic heterocycles. The normalized spacial score (nSPS) is 10.9. The van der Waals surface area contributed by atoms with Gasteiger partial charge in [0, 0.05) is 29.5 Å². The lowest BCUT2D eigenvalue weighted by Crippen LogP contribution is -2.10. The fourth-order valence-corrected chi connectivity index (χ4v) is 3.81. The smallest absolute Gasteiger partial charge is 0.310 e. The van der Waals surface area contributed by atoms with Crippen molar-refractivity contribution >= 4 is 16.9 Å². The van der Waals surface area contributed by atoms with E-state index in [9.17, 15) is 4.79 Å². The van der Waals surface area contributed by atoms with Gasteiger partial charge in [-0.15, -0.1) is 0 Å². The lowest BCUT2D eigenvalue weighted by atomic mass is 9.98. The topological polar surface area (TPSA) is 74.7 Å². The molecule has 4 rings (SSSR count). The molecule has 0 amide bonds. The van der Waals surface area contributed by atoms with Gasteiger partial charge in [-0.25, -0.2) is 0 Å². The van der Waals surface area contributed by atoms with E-state index in [-0.39, 0.29) is 12.4 Å². The van der Waals surface area contributed by atoms with Crippen molar-refractivity contribution in [2.45, 2.75) is 26.3 Å². The third-order valence-corrected chi connectivity index (χ3v) is 5.35. The maximum absolute atomic E-state index is 11.9. The van der Waals surface area contributed by atoms with Gasteiger partial charge in [0.05, 0.1) is 25.9 Å². The van der Waals surface area contributed by atoms with Crippen LogP contribution in [0.15, 0.2) is 77.4 Å². The SMILES string of the molecule is CCOC(=O)Cc1ccccc1OCCc1cc(-c2cccc(CN)c2)c2occc2c1. The molecule has 0 atom stereocenters. The van der Waals surface area contributed by atoms with E-state index in [0.717, 1.165) is 45.2 Å². The Bertz CT molecular complexity index is 1210. The van der Waals surface area contributed by atoms with Gasteiger partial charge in [0.1, 0.15) is 11.3 Å². The highest BCUT2D eigenvalue weighted by molar-refractivity contribution is 5.93. The number of carbonyl (C=O) groups excluding carboxylic acids is 1. The molecular weight excluding hydrogens is 402 g/mol. The molecule has 3 aromatic carbocycles. The number of benzene rings is 3. The van der Waals surface area contributed by atoms with Crippen molar-refractivity contribution in [1.82, 2.24) is 0 Å². The first kappa shape index (κ1) is 21.7. The monoisotopic (exact) mass is 429 g/mol. The molecular formula is C27H27NO4. The van der Waals surface area contributed by atoms with E-state index in [1.165, 1.54) is 0 Å². The van der Waals surface area contributed by atoms with Crippen molar-refractivity contribution in [2.24, 2.45) is 5.73 Å². The zero-order chi connectivity index (χ0) is 22.3. The molecule has 0 aliphatic rings. The Labute approximate surface area is 187 Å². The van der Waals surface area contributed by atoms with E-state index >= 15 is 0 Å². The molecule has 5 nitrogen and oxygen atoms in total. The summed E-state index contributed by atoms with van der Waals surface area (Å²) < 4.78 is 16.9. The molecule has 1 heterocycles. The average Bonchev–Trinajstić information content (AvgIpc) is 3.28. The first-order valence-electron chi connectivity index (χ1n) is 10.8. The quantitative estimate of drug-likeness (QED) is 0.366. The molecule has 0 spiro atoms. The number of furan rings is 1. The zero-order valence-corrected chi connectivity index (χ0v) is 18.2. The summed E-state index contributed by atoms with van der Waals surface area (Å²) in [4.78, 5) is 11.9. The third-order valence-electron chi connectivity index (χ3n) is 5.35. The van der Waals surface area contributed by atoms with Crippen LogP contribution < -0.4 is 10.5 Å². The third kappa shape index (κ3) is 5.01. The minimum atomic E-state index is -0.252. The van der Waals surface area contributed by atoms with Crippen LogP contribution in [-0.4, -0.2) is 19.2 Å². The lowest BCUT2D eigenvalue weighted by Gasteiger charge is -2.12. The summed E-state index contributed by atoms with van der Waals surface area (Å²) in [5.41, 5.74) is 11.9. The van der Waals surface area contributed by atoms with E-state index in [0.29, 0.717) is 25.5 Å². The fourth-order valence-electron chi connectivity index (χ4n) is 3.81. The summed E-state index contributed by atoms with van der Waals surface area (Å²) in [5, 5.41) is 1.05. The van der Waals surface area contributed by atoms with Crippen molar-refractivity contribution in [3.05, 3.63) is 89.7 Å². The molecule has 0 saturated heterocycles. The van der Waals surface area contributed by atoms with E-state index in [1.54, 1.807) is 13.2 Å². The van der Waals surface area contributed by atoms with Crippen molar-refractivity contribution < 1.29 is 18.7 Å². The van der Waals surface area contributed by atoms with Crippen LogP contribution in [0.4, 0.5) is 0 Å². The highest BCUT2D eigenvalue weighted by Crippen LogP contribution is 2.32. The van der Waals surface area contributed by atoms with Gasteiger partial charge in [0.25, 0.3) is 0 Å². The summed E-state index contributed by atoms with van der Waals surface area (Å²) in [5.74, 6) is 0.458. The van der Waals surface area contributed by atoms with Gasteiger partial charge < -0.3 is 19.6 Å². The molecule has 4 aromatic rings. The molecule has 0 bridgehead atoms. The number of carbonyl (C=O) groups is 1. The number of hydrogen-bond acceptors (Lipinski definition) is 5. The predicted molar refractivity (Wildman–Crippen MR) is 126 cm³/mol. The lowest BCUT2D eigenvalue weighted by molar-refractivity contribution is -0.142. The summed E-state index contributed by atoms with van der Waals surface area (Å²) in [6.07, 6.45) is 2.64. The van der Waals surface area contributed by atoms with Crippen LogP contribution >= 0.6 is 0 Å². The van der Waals surface area contributed by atoms with Crippen LogP contribution in [0.3, 0.4) is 0 Å². The Hall–Kier alpha value is -3.57. The molecule has 32 heavy (non-hydrogen) atoms. The molecule has 164 valence electrons. The van der Waals surface area contributed by atoms with Crippen molar-refractivity contribution in [1.29, 1.82) is 0 Å². The average molecular weight is 430 g/mol. The van der Waals surface area contributed by atoms with Crippen LogP contribution in [0.1, 0.15) is 23.6 Å². The summed E-state index contributed by atoms with van der Waals surface area (Å²) >= 11 is 0. The number of esters is 1. The molecule has 0 saturated carbocycles. The minimum Gasteiger partial charge on any atom is -0.493 e. The van der Waals surface area contributed by atoms with Gasteiger partial charge >= 0.3 is 5.97 Å². The number of hydrogen-bond donors (Lipinski definition) is 1. The van der Waals surface area contributed by atoms with Crippen molar-refractivity contribution in [2.75, 3.05) is 13.2 Å². The number of nitrogens with two attached hydrogens (primary N) is 1. The highest BCUT2D eigenvalue weighted by Gasteiger charge is 2.12. The van der Waals surface area contributed by atoms with Crippen LogP contribution in [0.25, 0.3) is 22.1 Å². The van der Waals surface area contributed by atoms with E-state index in [2.05, 4.69) is 24.3 Å². The predicted octanol–water partition coefficient (Wildman–Crippen LogP) is 5.29. The van der Waals surface area contributed by atoms with Crippen LogP contribution in [0.2, 0.25) is 0 Å². The molecule has 5 heteroatoms. The molecule has 0 unspecified atom stereocenters. The first-order chi connectivity index (χ1) is 15.7. The Morgan fingerprint density at radius 1 is 1.00 bits per heavy atom. The zero-order valence-electron chi connectivity index (χ0n) is 18.2. The number of rotatable bonds is 9. The Morgan fingerprint density at radius 2 is 1.88 bits per heavy atom. The first-order valence-corrected chi connectivity index (χ1v) is 10.8. The van der Waals surface area contributed by atoms with E-state index < -0.39 is 0 Å². The minimum absolute atomic E-state index is 0.201. The molecule has 0 aliphatic carbocycles. The second kappa shape index (κ2) is 10.2. The maximum Gasteiger partial charge on any atom is 0.310 e. The van der Waals surface area contributed by atoms with Crippen LogP contribution in [-0.2, 0) is 28.9 Å². The molecule has 0 radical (unpaired) electrons. The summed E-state index contributed by atoms with van der Waals surface area (Å²) in [7, 11) is 0. The van der Waals surface area contributed by atoms with Gasteiger partial charge in [-0.2, -0.15) is 0 Å². The summed E-state index contributed by atoms with van der Waals surface area (Å²) in [6, 6.07) is 22.1. The van der Waals surface area contributed by atoms with E-state index in [1.807, 2.05) is 42.5 Å². The van der Waals surface area contributed by atoms with Gasteiger partial charge in [-0.1, -0.05) is 36.4 Å². The Balaban J connectivity index is 1.52. The second-order valence-corrected chi connectivity index (χ2v) is 7.57. The summed E-state index contributed by atoms with van der Waals surface area (Å²) in [6.45, 7) is 3.16. The van der Waals surface area contributed by atoms with Crippen LogP contribution in [0, 0.1) is 0 Å². The van der Waals surface area contributed by atoms with Crippen molar-refractivity contribution in [3.63, 3.8) is 0 Å². The largest absolute Gasteiger partial charge is 0.493 e. The fraction of sp³-hybridized carbons (Fsp3) is 0.222. The second-order valence-electron chi connectivity index (χ2n) is 7.57. The Kier molecular flexibility index (Phi) is 6.87. The van der Waals surface area contributed by atoms with Crippen LogP contribution in [0.5, 0.6) is 5.75 Å². The van der Waals surface area contributed by atoms with Gasteiger partial charge in [-0.3, -0.25) is 4.79 Å². The van der Waals surface area contributed by atoms with Gasteiger partial charge in [0.15, 0.2) is 0 Å². The standard InChI is InChI=1S/C27H27NO4/c1-2-30-26(29)17-22-7-3-4-9-25(22)31-12-10-19-14-23-11-13-32-27(23)24(16-19)21-8-5-6-20(15-21)18-28/h3-9,11,13-16H,2,10,12,17-18,28H2,1H3.